The first-order valence-electron chi connectivity index (χ1n) is 5.73. The lowest BCUT2D eigenvalue weighted by atomic mass is 10.1. The highest BCUT2D eigenvalue weighted by molar-refractivity contribution is 5.48. The number of halogens is 1. The highest BCUT2D eigenvalue weighted by atomic mass is 19.1. The van der Waals surface area contributed by atoms with Gasteiger partial charge in [0.1, 0.15) is 5.82 Å². The predicted molar refractivity (Wildman–Crippen MR) is 67.3 cm³/mol. The fourth-order valence-electron chi connectivity index (χ4n) is 1.82. The predicted octanol–water partition coefficient (Wildman–Crippen LogP) is 2.42. The van der Waals surface area contributed by atoms with Crippen molar-refractivity contribution in [2.45, 2.75) is 20.3 Å². The smallest absolute Gasteiger partial charge is 0.125 e. The highest BCUT2D eigenvalue weighted by Crippen LogP contribution is 2.18. The van der Waals surface area contributed by atoms with Gasteiger partial charge in [-0.1, -0.05) is 13.8 Å². The van der Waals surface area contributed by atoms with Crippen molar-refractivity contribution in [3.63, 3.8) is 0 Å². The van der Waals surface area contributed by atoms with Gasteiger partial charge in [-0.25, -0.2) is 4.39 Å². The minimum absolute atomic E-state index is 0.184. The third-order valence-electron chi connectivity index (χ3n) is 2.46. The Kier molecular flexibility index (Phi) is 4.74. The summed E-state index contributed by atoms with van der Waals surface area (Å²) in [6, 6.07) is 5.14. The molecule has 0 bridgehead atoms. The van der Waals surface area contributed by atoms with Gasteiger partial charge in [-0.3, -0.25) is 0 Å². The lowest BCUT2D eigenvalue weighted by Gasteiger charge is -2.22. The molecule has 0 heterocycles. The number of benzene rings is 1. The molecule has 0 aliphatic heterocycles. The molecule has 0 fully saturated rings. The van der Waals surface area contributed by atoms with Gasteiger partial charge in [-0.05, 0) is 42.6 Å². The van der Waals surface area contributed by atoms with E-state index >= 15 is 0 Å². The van der Waals surface area contributed by atoms with Gasteiger partial charge in [0.15, 0.2) is 0 Å². The Morgan fingerprint density at radius 3 is 2.56 bits per heavy atom. The standard InChI is InChI=1S/C13H21FN2/c1-10(2)9-16(3)13-7-11(4-5-15)6-12(14)8-13/h6-8,10H,4-5,9,15H2,1-3H3. The molecule has 16 heavy (non-hydrogen) atoms. The van der Waals surface area contributed by atoms with Gasteiger partial charge in [0, 0.05) is 19.3 Å². The zero-order valence-electron chi connectivity index (χ0n) is 10.3. The van der Waals surface area contributed by atoms with Crippen molar-refractivity contribution in [1.82, 2.24) is 0 Å². The number of anilines is 1. The van der Waals surface area contributed by atoms with Crippen molar-refractivity contribution in [3.8, 4) is 0 Å². The van der Waals surface area contributed by atoms with E-state index in [2.05, 4.69) is 18.7 Å². The summed E-state index contributed by atoms with van der Waals surface area (Å²) in [5.74, 6) is 0.378. The molecule has 0 aliphatic rings. The molecule has 0 aromatic heterocycles. The normalized spacial score (nSPS) is 10.9. The molecule has 1 aromatic carbocycles. The van der Waals surface area contributed by atoms with Gasteiger partial charge >= 0.3 is 0 Å². The van der Waals surface area contributed by atoms with Crippen molar-refractivity contribution in [3.05, 3.63) is 29.6 Å². The first kappa shape index (κ1) is 13.0. The largest absolute Gasteiger partial charge is 0.374 e. The maximum Gasteiger partial charge on any atom is 0.125 e. The van der Waals surface area contributed by atoms with Crippen LogP contribution in [0.25, 0.3) is 0 Å². The quantitative estimate of drug-likeness (QED) is 0.832. The van der Waals surface area contributed by atoms with Crippen LogP contribution in [0.2, 0.25) is 0 Å². The van der Waals surface area contributed by atoms with Gasteiger partial charge < -0.3 is 10.6 Å². The summed E-state index contributed by atoms with van der Waals surface area (Å²) in [5.41, 5.74) is 7.38. The van der Waals surface area contributed by atoms with Gasteiger partial charge in [0.2, 0.25) is 0 Å². The fraction of sp³-hybridized carbons (Fsp3) is 0.538. The van der Waals surface area contributed by atoms with Crippen LogP contribution in [0.15, 0.2) is 18.2 Å². The topological polar surface area (TPSA) is 29.3 Å². The molecule has 2 N–H and O–H groups in total. The molecule has 0 aliphatic carbocycles. The first-order valence-corrected chi connectivity index (χ1v) is 5.73. The van der Waals surface area contributed by atoms with Crippen molar-refractivity contribution in [1.29, 1.82) is 0 Å². The molecule has 3 heteroatoms. The Labute approximate surface area is 97.3 Å². The van der Waals surface area contributed by atoms with Crippen molar-refractivity contribution in [2.24, 2.45) is 11.7 Å². The highest BCUT2D eigenvalue weighted by Gasteiger charge is 2.06. The molecule has 0 saturated carbocycles. The van der Waals surface area contributed by atoms with Crippen LogP contribution in [-0.4, -0.2) is 20.1 Å². The molecule has 0 saturated heterocycles. The van der Waals surface area contributed by atoms with Crippen LogP contribution >= 0.6 is 0 Å². The van der Waals surface area contributed by atoms with E-state index < -0.39 is 0 Å². The van der Waals surface area contributed by atoms with Crippen LogP contribution in [0.5, 0.6) is 0 Å². The zero-order chi connectivity index (χ0) is 12.1. The van der Waals surface area contributed by atoms with Crippen molar-refractivity contribution < 1.29 is 4.39 Å². The second-order valence-electron chi connectivity index (χ2n) is 4.63. The monoisotopic (exact) mass is 224 g/mol. The number of nitrogens with zero attached hydrogens (tertiary/aromatic N) is 1. The van der Waals surface area contributed by atoms with E-state index in [9.17, 15) is 4.39 Å². The number of hydrogen-bond acceptors (Lipinski definition) is 2. The summed E-state index contributed by atoms with van der Waals surface area (Å²) in [6.45, 7) is 5.77. The Morgan fingerprint density at radius 2 is 2.00 bits per heavy atom. The molecule has 0 atom stereocenters. The molecule has 1 aromatic rings. The third kappa shape index (κ3) is 3.81. The number of nitrogens with two attached hydrogens (primary N) is 1. The second kappa shape index (κ2) is 5.85. The van der Waals surface area contributed by atoms with E-state index in [-0.39, 0.29) is 5.82 Å². The van der Waals surface area contributed by atoms with Gasteiger partial charge in [0.25, 0.3) is 0 Å². The lowest BCUT2D eigenvalue weighted by molar-refractivity contribution is 0.617. The maximum atomic E-state index is 13.4. The minimum atomic E-state index is -0.184. The maximum absolute atomic E-state index is 13.4. The lowest BCUT2D eigenvalue weighted by Crippen LogP contribution is -2.22. The van der Waals surface area contributed by atoms with Gasteiger partial charge in [-0.15, -0.1) is 0 Å². The summed E-state index contributed by atoms with van der Waals surface area (Å²) in [5, 5.41) is 0. The van der Waals surface area contributed by atoms with Crippen LogP contribution in [0.4, 0.5) is 10.1 Å². The Hall–Kier alpha value is -1.09. The van der Waals surface area contributed by atoms with E-state index in [1.807, 2.05) is 13.1 Å². The summed E-state index contributed by atoms with van der Waals surface area (Å²) in [7, 11) is 1.99. The SMILES string of the molecule is CC(C)CN(C)c1cc(F)cc(CCN)c1. The molecule has 90 valence electrons. The summed E-state index contributed by atoms with van der Waals surface area (Å²) < 4.78 is 13.4. The Morgan fingerprint density at radius 1 is 1.31 bits per heavy atom. The van der Waals surface area contributed by atoms with E-state index in [0.717, 1.165) is 24.2 Å². The van der Waals surface area contributed by atoms with Crippen LogP contribution in [0.3, 0.4) is 0 Å². The Balaban J connectivity index is 2.86. The second-order valence-corrected chi connectivity index (χ2v) is 4.63. The molecular weight excluding hydrogens is 203 g/mol. The van der Waals surface area contributed by atoms with E-state index in [1.54, 1.807) is 12.1 Å². The molecular formula is C13H21FN2. The molecule has 2 nitrogen and oxygen atoms in total. The number of hydrogen-bond donors (Lipinski definition) is 1. The first-order chi connectivity index (χ1) is 7.52. The molecule has 0 unspecified atom stereocenters. The average molecular weight is 224 g/mol. The van der Waals surface area contributed by atoms with Crippen LogP contribution in [-0.2, 0) is 6.42 Å². The van der Waals surface area contributed by atoms with Crippen LogP contribution in [0, 0.1) is 11.7 Å². The summed E-state index contributed by atoms with van der Waals surface area (Å²) in [6.07, 6.45) is 0.722. The van der Waals surface area contributed by atoms with E-state index in [4.69, 9.17) is 5.73 Å². The molecule has 0 radical (unpaired) electrons. The van der Waals surface area contributed by atoms with E-state index in [1.165, 1.54) is 0 Å². The average Bonchev–Trinajstić information content (AvgIpc) is 2.16. The fourth-order valence-corrected chi connectivity index (χ4v) is 1.82. The molecule has 0 amide bonds. The zero-order valence-corrected chi connectivity index (χ0v) is 10.3. The van der Waals surface area contributed by atoms with Crippen molar-refractivity contribution in [2.75, 3.05) is 25.0 Å². The summed E-state index contributed by atoms with van der Waals surface area (Å²) in [4.78, 5) is 2.08. The summed E-state index contributed by atoms with van der Waals surface area (Å²) >= 11 is 0. The number of rotatable bonds is 5. The van der Waals surface area contributed by atoms with E-state index in [0.29, 0.717) is 12.5 Å². The molecule has 0 spiro atoms. The Bertz CT molecular complexity index is 337. The third-order valence-corrected chi connectivity index (χ3v) is 2.46. The van der Waals surface area contributed by atoms with Gasteiger partial charge in [0.05, 0.1) is 0 Å². The molecule has 1 rings (SSSR count). The van der Waals surface area contributed by atoms with Crippen molar-refractivity contribution >= 4 is 5.69 Å². The van der Waals surface area contributed by atoms with Gasteiger partial charge in [-0.2, -0.15) is 0 Å². The van der Waals surface area contributed by atoms with Crippen LogP contribution < -0.4 is 10.6 Å². The van der Waals surface area contributed by atoms with Crippen LogP contribution in [0.1, 0.15) is 19.4 Å². The minimum Gasteiger partial charge on any atom is -0.374 e.